The summed E-state index contributed by atoms with van der Waals surface area (Å²) < 4.78 is 0. The standard InChI is InChI=1S/C9H6ClNO.Al.3H/c10-7-3-4-8(12)9-6(7)2-1-5-11-9;;;;/h1-5,12H;;;;. The van der Waals surface area contributed by atoms with Gasteiger partial charge in [0.25, 0.3) is 0 Å². The second-order valence-corrected chi connectivity index (χ2v) is 2.87. The van der Waals surface area contributed by atoms with Crippen LogP contribution in [0.4, 0.5) is 0 Å². The number of hydrogen-bond donors (Lipinski definition) is 1. The largest absolute Gasteiger partial charge is 0.506 e. The lowest BCUT2D eigenvalue weighted by Crippen LogP contribution is -1.78. The van der Waals surface area contributed by atoms with Gasteiger partial charge in [0.1, 0.15) is 11.3 Å². The zero-order chi connectivity index (χ0) is 8.55. The van der Waals surface area contributed by atoms with Gasteiger partial charge in [0.05, 0.1) is 5.02 Å². The van der Waals surface area contributed by atoms with Gasteiger partial charge in [0.15, 0.2) is 17.4 Å². The number of nitrogens with zero attached hydrogens (tertiary/aromatic N) is 1. The highest BCUT2D eigenvalue weighted by molar-refractivity contribution is 6.35. The number of aromatic hydroxyl groups is 1. The highest BCUT2D eigenvalue weighted by Crippen LogP contribution is 2.28. The van der Waals surface area contributed by atoms with Gasteiger partial charge >= 0.3 is 0 Å². The Balaban J connectivity index is 0.000000845. The second kappa shape index (κ2) is 3.97. The predicted octanol–water partition coefficient (Wildman–Crippen LogP) is 1.41. The Hall–Kier alpha value is -0.748. The fraction of sp³-hybridized carbons (Fsp3) is 0. The van der Waals surface area contributed by atoms with Crippen molar-refractivity contribution in [1.82, 2.24) is 4.98 Å². The summed E-state index contributed by atoms with van der Waals surface area (Å²) in [5.74, 6) is 0.162. The van der Waals surface area contributed by atoms with Crippen LogP contribution in [-0.4, -0.2) is 27.5 Å². The minimum absolute atomic E-state index is 0. The summed E-state index contributed by atoms with van der Waals surface area (Å²) in [5, 5.41) is 10.8. The van der Waals surface area contributed by atoms with Gasteiger partial charge in [0, 0.05) is 11.6 Å². The summed E-state index contributed by atoms with van der Waals surface area (Å²) in [4.78, 5) is 4.01. The van der Waals surface area contributed by atoms with Crippen LogP contribution in [-0.2, 0) is 0 Å². The van der Waals surface area contributed by atoms with E-state index in [9.17, 15) is 5.11 Å². The van der Waals surface area contributed by atoms with Crippen molar-refractivity contribution in [3.05, 3.63) is 35.5 Å². The van der Waals surface area contributed by atoms with Gasteiger partial charge < -0.3 is 5.11 Å². The van der Waals surface area contributed by atoms with Crippen LogP contribution in [0.25, 0.3) is 10.9 Å². The van der Waals surface area contributed by atoms with E-state index in [4.69, 9.17) is 11.6 Å². The maximum atomic E-state index is 9.37. The van der Waals surface area contributed by atoms with Gasteiger partial charge in [-0.3, -0.25) is 4.98 Å². The maximum Gasteiger partial charge on any atom is 0.187 e. The summed E-state index contributed by atoms with van der Waals surface area (Å²) in [6.45, 7) is 0. The Bertz CT molecular complexity index is 392. The average molecular weight is 210 g/mol. The van der Waals surface area contributed by atoms with Gasteiger partial charge in [-0.25, -0.2) is 0 Å². The Morgan fingerprint density at radius 1 is 1.23 bits per heavy atom. The van der Waals surface area contributed by atoms with Crippen LogP contribution in [0.5, 0.6) is 5.75 Å². The molecule has 1 heterocycles. The van der Waals surface area contributed by atoms with E-state index in [0.29, 0.717) is 10.5 Å². The number of rotatable bonds is 0. The molecule has 13 heavy (non-hydrogen) atoms. The number of fused-ring (bicyclic) bond motifs is 1. The first kappa shape index (κ1) is 10.3. The molecule has 0 aliphatic rings. The number of halogens is 1. The number of phenolic OH excluding ortho intramolecular Hbond substituents is 1. The van der Waals surface area contributed by atoms with Crippen LogP contribution in [0, 0.1) is 0 Å². The molecule has 4 heteroatoms. The maximum absolute atomic E-state index is 9.37. The SMILES string of the molecule is Oc1ccc(Cl)c2cccnc12.[AlH3]. The van der Waals surface area contributed by atoms with Crippen molar-refractivity contribution < 1.29 is 5.11 Å². The first-order chi connectivity index (χ1) is 5.79. The summed E-state index contributed by atoms with van der Waals surface area (Å²) in [7, 11) is 0. The molecule has 0 amide bonds. The third-order valence-corrected chi connectivity index (χ3v) is 2.02. The van der Waals surface area contributed by atoms with Gasteiger partial charge in [-0.2, -0.15) is 0 Å². The number of pyridine rings is 1. The van der Waals surface area contributed by atoms with Gasteiger partial charge in [-0.05, 0) is 24.3 Å². The summed E-state index contributed by atoms with van der Waals surface area (Å²) in [5.41, 5.74) is 0.546. The summed E-state index contributed by atoms with van der Waals surface area (Å²) >= 11 is 5.88. The molecule has 1 aromatic carbocycles. The molecule has 66 valence electrons. The van der Waals surface area contributed by atoms with Crippen molar-refractivity contribution in [2.24, 2.45) is 0 Å². The molecule has 0 saturated carbocycles. The molecule has 2 nitrogen and oxygen atoms in total. The molecule has 1 N–H and O–H groups in total. The number of benzene rings is 1. The predicted molar refractivity (Wildman–Crippen MR) is 58.4 cm³/mol. The molecule has 2 rings (SSSR count). The fourth-order valence-electron chi connectivity index (χ4n) is 1.12. The van der Waals surface area contributed by atoms with Crippen LogP contribution in [0.15, 0.2) is 30.5 Å². The molecule has 1 aromatic heterocycles. The fourth-order valence-corrected chi connectivity index (χ4v) is 1.34. The van der Waals surface area contributed by atoms with Crippen LogP contribution in [0.1, 0.15) is 0 Å². The van der Waals surface area contributed by atoms with Crippen LogP contribution in [0.2, 0.25) is 5.02 Å². The van der Waals surface area contributed by atoms with Crippen LogP contribution in [0.3, 0.4) is 0 Å². The Morgan fingerprint density at radius 2 is 2.00 bits per heavy atom. The van der Waals surface area contributed by atoms with Crippen molar-refractivity contribution in [3.63, 3.8) is 0 Å². The summed E-state index contributed by atoms with van der Waals surface area (Å²) in [6, 6.07) is 6.80. The molecule has 0 saturated heterocycles. The van der Waals surface area contributed by atoms with E-state index in [-0.39, 0.29) is 23.1 Å². The van der Waals surface area contributed by atoms with Crippen molar-refractivity contribution >= 4 is 39.9 Å². The third kappa shape index (κ3) is 1.78. The topological polar surface area (TPSA) is 33.1 Å². The average Bonchev–Trinajstić information content (AvgIpc) is 2.12. The van der Waals surface area contributed by atoms with E-state index in [1.165, 1.54) is 6.07 Å². The smallest absolute Gasteiger partial charge is 0.187 e. The Kier molecular flexibility index (Phi) is 3.16. The molecular weight excluding hydrogens is 201 g/mol. The normalized spacial score (nSPS) is 9.62. The molecular formula is C9H9AlClNO. The minimum atomic E-state index is 0. The summed E-state index contributed by atoms with van der Waals surface area (Å²) in [6.07, 6.45) is 1.62. The zero-order valence-electron chi connectivity index (χ0n) is 6.16. The Labute approximate surface area is 91.3 Å². The quantitative estimate of drug-likeness (QED) is 0.666. The number of aromatic nitrogens is 1. The van der Waals surface area contributed by atoms with Crippen molar-refractivity contribution in [2.45, 2.75) is 0 Å². The van der Waals surface area contributed by atoms with Crippen molar-refractivity contribution in [1.29, 1.82) is 0 Å². The van der Waals surface area contributed by atoms with Crippen LogP contribution >= 0.6 is 11.6 Å². The van der Waals surface area contributed by atoms with E-state index in [0.717, 1.165) is 5.39 Å². The number of hydrogen-bond acceptors (Lipinski definition) is 2. The molecule has 0 atom stereocenters. The molecule has 0 aliphatic carbocycles. The lowest BCUT2D eigenvalue weighted by molar-refractivity contribution is 0.480. The van der Waals surface area contributed by atoms with E-state index >= 15 is 0 Å². The highest BCUT2D eigenvalue weighted by atomic mass is 35.5. The molecule has 0 aliphatic heterocycles. The number of phenols is 1. The molecule has 0 fully saturated rings. The van der Waals surface area contributed by atoms with E-state index < -0.39 is 0 Å². The molecule has 2 aromatic rings. The molecule has 0 bridgehead atoms. The van der Waals surface area contributed by atoms with Crippen molar-refractivity contribution in [2.75, 3.05) is 0 Å². The van der Waals surface area contributed by atoms with Crippen LogP contribution < -0.4 is 0 Å². The minimum Gasteiger partial charge on any atom is -0.506 e. The molecule has 0 unspecified atom stereocenters. The van der Waals surface area contributed by atoms with Gasteiger partial charge in [0.2, 0.25) is 0 Å². The zero-order valence-corrected chi connectivity index (χ0v) is 6.92. The Morgan fingerprint density at radius 3 is 2.69 bits per heavy atom. The first-order valence-corrected chi connectivity index (χ1v) is 3.89. The monoisotopic (exact) mass is 209 g/mol. The molecule has 0 radical (unpaired) electrons. The first-order valence-electron chi connectivity index (χ1n) is 3.51. The lowest BCUT2D eigenvalue weighted by atomic mass is 10.2. The van der Waals surface area contributed by atoms with E-state index in [1.807, 2.05) is 6.07 Å². The molecule has 0 spiro atoms. The van der Waals surface area contributed by atoms with Crippen molar-refractivity contribution in [3.8, 4) is 5.75 Å². The lowest BCUT2D eigenvalue weighted by Gasteiger charge is -2.00. The van der Waals surface area contributed by atoms with E-state index in [2.05, 4.69) is 4.98 Å². The third-order valence-electron chi connectivity index (χ3n) is 1.70. The second-order valence-electron chi connectivity index (χ2n) is 2.47. The van der Waals surface area contributed by atoms with Gasteiger partial charge in [-0.1, -0.05) is 11.6 Å². The van der Waals surface area contributed by atoms with E-state index in [1.54, 1.807) is 18.3 Å². The van der Waals surface area contributed by atoms with Gasteiger partial charge in [-0.15, -0.1) is 0 Å². The highest BCUT2D eigenvalue weighted by Gasteiger charge is 2.02.